The van der Waals surface area contributed by atoms with Crippen LogP contribution in [0.2, 0.25) is 0 Å². The molecule has 0 atom stereocenters. The van der Waals surface area contributed by atoms with E-state index in [0.29, 0.717) is 11.4 Å². The van der Waals surface area contributed by atoms with E-state index in [-0.39, 0.29) is 11.1 Å². The Kier molecular flexibility index (Phi) is 3.29. The second-order valence-electron chi connectivity index (χ2n) is 5.87. The fourth-order valence-electron chi connectivity index (χ4n) is 2.01. The van der Waals surface area contributed by atoms with E-state index in [4.69, 9.17) is 10.8 Å². The van der Waals surface area contributed by atoms with Gasteiger partial charge in [0.2, 0.25) is 0 Å². The number of nitrogens with two attached hydrogens (primary N) is 1. The van der Waals surface area contributed by atoms with Crippen molar-refractivity contribution in [2.75, 3.05) is 5.73 Å². The summed E-state index contributed by atoms with van der Waals surface area (Å²) in [4.78, 5) is 11.1. The normalized spacial score (nSPS) is 11.6. The van der Waals surface area contributed by atoms with E-state index in [1.54, 1.807) is 6.92 Å². The van der Waals surface area contributed by atoms with Crippen LogP contribution in [0.5, 0.6) is 0 Å². The summed E-state index contributed by atoms with van der Waals surface area (Å²) in [6.07, 6.45) is 0. The van der Waals surface area contributed by atoms with Crippen LogP contribution in [-0.2, 0) is 5.41 Å². The lowest BCUT2D eigenvalue weighted by molar-refractivity contribution is 0.0689. The maximum Gasteiger partial charge on any atom is 0.356 e. The first-order valence-electron chi connectivity index (χ1n) is 6.41. The molecule has 20 heavy (non-hydrogen) atoms. The fourth-order valence-corrected chi connectivity index (χ4v) is 2.01. The van der Waals surface area contributed by atoms with Gasteiger partial charge in [0.25, 0.3) is 0 Å². The second kappa shape index (κ2) is 4.67. The third kappa shape index (κ3) is 2.39. The number of rotatable bonds is 2. The molecule has 2 rings (SSSR count). The van der Waals surface area contributed by atoms with Crippen LogP contribution in [0.25, 0.3) is 5.69 Å². The summed E-state index contributed by atoms with van der Waals surface area (Å²) in [5, 5.41) is 13.1. The highest BCUT2D eigenvalue weighted by Crippen LogP contribution is 2.25. The monoisotopic (exact) mass is 273 g/mol. The zero-order valence-corrected chi connectivity index (χ0v) is 12.1. The lowest BCUT2D eigenvalue weighted by atomic mass is 9.87. The van der Waals surface area contributed by atoms with Crippen LogP contribution in [-0.4, -0.2) is 20.9 Å². The molecule has 0 amide bonds. The molecule has 0 fully saturated rings. The number of hydrogen-bond acceptors (Lipinski definition) is 3. The van der Waals surface area contributed by atoms with Gasteiger partial charge in [-0.3, -0.25) is 0 Å². The molecule has 1 aromatic carbocycles. The van der Waals surface area contributed by atoms with E-state index >= 15 is 0 Å². The van der Waals surface area contributed by atoms with Gasteiger partial charge in [-0.05, 0) is 30.0 Å². The molecule has 1 heterocycles. The minimum atomic E-state index is -1.07. The van der Waals surface area contributed by atoms with Gasteiger partial charge in [0.05, 0.1) is 5.69 Å². The van der Waals surface area contributed by atoms with Gasteiger partial charge in [0.15, 0.2) is 5.69 Å². The number of benzene rings is 1. The Bertz CT molecular complexity index is 649. The van der Waals surface area contributed by atoms with Gasteiger partial charge >= 0.3 is 5.97 Å². The number of carbonyl (C=O) groups is 1. The summed E-state index contributed by atoms with van der Waals surface area (Å²) >= 11 is 0. The lowest BCUT2D eigenvalue weighted by Gasteiger charge is -2.19. The number of nitrogen functional groups attached to an aromatic ring is 1. The lowest BCUT2D eigenvalue weighted by Crippen LogP contribution is -2.11. The van der Waals surface area contributed by atoms with Crippen molar-refractivity contribution in [3.63, 3.8) is 0 Å². The van der Waals surface area contributed by atoms with Crippen LogP contribution < -0.4 is 5.73 Å². The maximum atomic E-state index is 11.1. The third-order valence-corrected chi connectivity index (χ3v) is 3.35. The predicted molar refractivity (Wildman–Crippen MR) is 78.4 cm³/mol. The second-order valence-corrected chi connectivity index (χ2v) is 5.87. The average Bonchev–Trinajstić information content (AvgIpc) is 2.66. The molecule has 0 spiro atoms. The van der Waals surface area contributed by atoms with E-state index in [1.807, 2.05) is 24.3 Å². The van der Waals surface area contributed by atoms with Crippen molar-refractivity contribution < 1.29 is 9.90 Å². The summed E-state index contributed by atoms with van der Waals surface area (Å²) in [6.45, 7) is 8.07. The Labute approximate surface area is 118 Å². The van der Waals surface area contributed by atoms with Crippen molar-refractivity contribution >= 4 is 11.8 Å². The van der Waals surface area contributed by atoms with E-state index in [0.717, 1.165) is 5.69 Å². The van der Waals surface area contributed by atoms with E-state index in [1.165, 1.54) is 10.2 Å². The number of nitrogens with zero attached hydrogens (tertiary/aromatic N) is 2. The molecule has 0 aliphatic heterocycles. The molecule has 0 unspecified atom stereocenters. The van der Waals surface area contributed by atoms with Crippen molar-refractivity contribution in [3.05, 3.63) is 41.1 Å². The molecule has 0 saturated carbocycles. The highest BCUT2D eigenvalue weighted by molar-refractivity contribution is 5.88. The molecule has 2 aromatic rings. The minimum Gasteiger partial charge on any atom is -0.476 e. The predicted octanol–water partition coefficient (Wildman–Crippen LogP) is 2.76. The van der Waals surface area contributed by atoms with Crippen LogP contribution in [0.4, 0.5) is 5.82 Å². The van der Waals surface area contributed by atoms with Crippen LogP contribution in [0, 0.1) is 6.92 Å². The molecule has 0 bridgehead atoms. The number of hydrogen-bond donors (Lipinski definition) is 2. The molecule has 0 saturated heterocycles. The third-order valence-electron chi connectivity index (χ3n) is 3.35. The summed E-state index contributed by atoms with van der Waals surface area (Å²) in [5.41, 5.74) is 8.42. The number of anilines is 1. The van der Waals surface area contributed by atoms with Crippen molar-refractivity contribution in [1.29, 1.82) is 0 Å². The molecular weight excluding hydrogens is 254 g/mol. The van der Waals surface area contributed by atoms with Crippen molar-refractivity contribution in [2.24, 2.45) is 0 Å². The molecule has 3 N–H and O–H groups in total. The van der Waals surface area contributed by atoms with E-state index in [9.17, 15) is 4.79 Å². The Balaban J connectivity index is 2.47. The van der Waals surface area contributed by atoms with Gasteiger partial charge < -0.3 is 10.8 Å². The molecule has 0 aliphatic rings. The highest BCUT2D eigenvalue weighted by atomic mass is 16.4. The molecule has 1 aromatic heterocycles. The van der Waals surface area contributed by atoms with Gasteiger partial charge in [0.1, 0.15) is 5.82 Å². The standard InChI is InChI=1S/C15H19N3O2/c1-9-12(14(19)20)17-18(13(9)16)11-7-5-10(6-8-11)15(2,3)4/h5-8H,16H2,1-4H3,(H,19,20). The van der Waals surface area contributed by atoms with Crippen LogP contribution >= 0.6 is 0 Å². The van der Waals surface area contributed by atoms with Crippen molar-refractivity contribution in [1.82, 2.24) is 9.78 Å². The number of aromatic nitrogens is 2. The van der Waals surface area contributed by atoms with Gasteiger partial charge in [0, 0.05) is 5.56 Å². The van der Waals surface area contributed by atoms with Crippen LogP contribution in [0.3, 0.4) is 0 Å². The van der Waals surface area contributed by atoms with E-state index in [2.05, 4.69) is 25.9 Å². The molecular formula is C15H19N3O2. The van der Waals surface area contributed by atoms with Gasteiger partial charge in [-0.2, -0.15) is 5.10 Å². The summed E-state index contributed by atoms with van der Waals surface area (Å²) in [6, 6.07) is 7.81. The van der Waals surface area contributed by atoms with Crippen LogP contribution in [0.15, 0.2) is 24.3 Å². The molecule has 0 aliphatic carbocycles. The summed E-state index contributed by atoms with van der Waals surface area (Å²) < 4.78 is 1.46. The Morgan fingerprint density at radius 3 is 2.20 bits per heavy atom. The molecule has 106 valence electrons. The summed E-state index contributed by atoms with van der Waals surface area (Å²) in [7, 11) is 0. The summed E-state index contributed by atoms with van der Waals surface area (Å²) in [5.74, 6) is -0.717. The quantitative estimate of drug-likeness (QED) is 0.881. The largest absolute Gasteiger partial charge is 0.476 e. The SMILES string of the molecule is Cc1c(C(=O)O)nn(-c2ccc(C(C)(C)C)cc2)c1N. The zero-order valence-electron chi connectivity index (χ0n) is 12.1. The molecule has 5 heteroatoms. The number of carboxylic acid groups (broad SMARTS) is 1. The fraction of sp³-hybridized carbons (Fsp3) is 0.333. The number of aromatic carboxylic acids is 1. The maximum absolute atomic E-state index is 11.1. The average molecular weight is 273 g/mol. The molecule has 5 nitrogen and oxygen atoms in total. The first kappa shape index (κ1) is 14.1. The Hall–Kier alpha value is -2.30. The van der Waals surface area contributed by atoms with Gasteiger partial charge in [-0.25, -0.2) is 9.48 Å². The van der Waals surface area contributed by atoms with E-state index < -0.39 is 5.97 Å². The Morgan fingerprint density at radius 2 is 1.80 bits per heavy atom. The van der Waals surface area contributed by atoms with Crippen molar-refractivity contribution in [2.45, 2.75) is 33.1 Å². The van der Waals surface area contributed by atoms with Gasteiger partial charge in [-0.15, -0.1) is 0 Å². The highest BCUT2D eigenvalue weighted by Gasteiger charge is 2.19. The smallest absolute Gasteiger partial charge is 0.356 e. The molecule has 0 radical (unpaired) electrons. The Morgan fingerprint density at radius 1 is 1.25 bits per heavy atom. The first-order chi connectivity index (χ1) is 9.21. The zero-order chi connectivity index (χ0) is 15.1. The minimum absolute atomic E-state index is 0.0117. The first-order valence-corrected chi connectivity index (χ1v) is 6.41. The topological polar surface area (TPSA) is 81.1 Å². The van der Waals surface area contributed by atoms with Crippen molar-refractivity contribution in [3.8, 4) is 5.69 Å². The van der Waals surface area contributed by atoms with Crippen LogP contribution in [0.1, 0.15) is 42.4 Å². The number of carboxylic acids is 1. The van der Waals surface area contributed by atoms with Gasteiger partial charge in [-0.1, -0.05) is 32.9 Å².